The Morgan fingerprint density at radius 3 is 1.17 bits per heavy atom. The topological polar surface area (TPSA) is 210 Å². The van der Waals surface area contributed by atoms with Gasteiger partial charge >= 0.3 is 47.8 Å². The van der Waals surface area contributed by atoms with Crippen molar-refractivity contribution >= 4 is 53.8 Å². The summed E-state index contributed by atoms with van der Waals surface area (Å²) in [5.74, 6) is -6.08. The Morgan fingerprint density at radius 2 is 0.873 bits per heavy atom. The zero-order valence-electron chi connectivity index (χ0n) is 44.3. The van der Waals surface area contributed by atoms with Crippen LogP contribution in [-0.4, -0.2) is 83.4 Å². The van der Waals surface area contributed by atoms with Crippen LogP contribution >= 0.6 is 0 Å². The van der Waals surface area contributed by atoms with Crippen molar-refractivity contribution in [2.75, 3.05) is 13.2 Å². The van der Waals surface area contributed by atoms with Crippen molar-refractivity contribution in [1.29, 1.82) is 0 Å². The number of ether oxygens (including phenoxy) is 8. The summed E-state index contributed by atoms with van der Waals surface area (Å²) >= 11 is 0. The molecule has 0 bridgehead atoms. The first-order chi connectivity index (χ1) is 32.1. The monoisotopic (exact) mass is 999 g/mol. The number of carbonyl (C=O) groups excluding carboxylic acids is 8. The molecule has 0 amide bonds. The van der Waals surface area contributed by atoms with Gasteiger partial charge in [0.1, 0.15) is 33.9 Å². The van der Waals surface area contributed by atoms with E-state index < -0.39 is 64.1 Å². The van der Waals surface area contributed by atoms with Crippen molar-refractivity contribution in [2.45, 2.75) is 172 Å². The van der Waals surface area contributed by atoms with Crippen molar-refractivity contribution < 1.29 is 76.3 Å². The highest BCUT2D eigenvalue weighted by atomic mass is 16.6. The van der Waals surface area contributed by atoms with Crippen LogP contribution in [0.1, 0.15) is 161 Å². The first-order valence-electron chi connectivity index (χ1n) is 23.2. The van der Waals surface area contributed by atoms with Gasteiger partial charge in [0.15, 0.2) is 11.8 Å². The molecule has 71 heavy (non-hydrogen) atoms. The predicted octanol–water partition coefficient (Wildman–Crippen LogP) is 10.7. The van der Waals surface area contributed by atoms with E-state index in [0.29, 0.717) is 24.3 Å². The summed E-state index contributed by atoms with van der Waals surface area (Å²) in [5, 5.41) is 0. The second-order valence-electron chi connectivity index (χ2n) is 20.1. The fraction of sp³-hybridized carbons (Fsp3) is 0.564. The average Bonchev–Trinajstić information content (AvgIpc) is 3.20. The third kappa shape index (κ3) is 31.5. The number of hydrogen-bond donors (Lipinski definition) is 0. The largest absolute Gasteiger partial charge is 0.465 e. The molecular formula is C55H82O16. The molecule has 0 aromatic heterocycles. The number of hydrogen-bond acceptors (Lipinski definition) is 16. The van der Waals surface area contributed by atoms with Gasteiger partial charge < -0.3 is 37.9 Å². The van der Waals surface area contributed by atoms with Gasteiger partial charge in [-0.1, -0.05) is 64.8 Å². The Bertz CT molecular complexity index is 1980. The average molecular weight is 999 g/mol. The van der Waals surface area contributed by atoms with Gasteiger partial charge in [-0.05, 0) is 137 Å². The van der Waals surface area contributed by atoms with Crippen molar-refractivity contribution in [3.63, 3.8) is 0 Å². The van der Waals surface area contributed by atoms with Gasteiger partial charge in [0, 0.05) is 32.8 Å². The molecule has 0 spiro atoms. The van der Waals surface area contributed by atoms with Gasteiger partial charge in [0.25, 0.3) is 0 Å². The van der Waals surface area contributed by atoms with Crippen molar-refractivity contribution in [2.24, 2.45) is 17.8 Å². The normalized spacial score (nSPS) is 12.0. The van der Waals surface area contributed by atoms with E-state index >= 15 is 0 Å². The minimum absolute atomic E-state index is 0. The van der Waals surface area contributed by atoms with E-state index in [0.717, 1.165) is 17.2 Å². The summed E-state index contributed by atoms with van der Waals surface area (Å²) in [6, 6.07) is 14.3. The van der Waals surface area contributed by atoms with E-state index in [1.165, 1.54) is 13.8 Å². The molecule has 2 rings (SSSR count). The molecule has 0 fully saturated rings. The zero-order valence-corrected chi connectivity index (χ0v) is 44.3. The first kappa shape index (κ1) is 66.8. The first-order valence-corrected chi connectivity index (χ1v) is 23.2. The molecule has 0 saturated heterocycles. The van der Waals surface area contributed by atoms with Crippen LogP contribution in [-0.2, 0) is 66.8 Å². The molecular weight excluding hydrogens is 917 g/mol. The summed E-state index contributed by atoms with van der Waals surface area (Å²) in [6.45, 7) is 33.8. The van der Waals surface area contributed by atoms with Crippen LogP contribution in [0.5, 0.6) is 11.5 Å². The molecule has 0 N–H and O–H groups in total. The third-order valence-corrected chi connectivity index (χ3v) is 8.79. The number of benzene rings is 2. The lowest BCUT2D eigenvalue weighted by Gasteiger charge is -2.26. The van der Waals surface area contributed by atoms with E-state index in [4.69, 9.17) is 37.9 Å². The summed E-state index contributed by atoms with van der Waals surface area (Å²) in [5.41, 5.74) is -0.982. The van der Waals surface area contributed by atoms with Crippen molar-refractivity contribution in [3.05, 3.63) is 78.9 Å². The maximum absolute atomic E-state index is 12.8. The Hall–Kier alpha value is -6.32. The Balaban J connectivity index is 0. The van der Waals surface area contributed by atoms with Crippen LogP contribution in [0.4, 0.5) is 0 Å². The smallest absolute Gasteiger partial charge is 0.330 e. The van der Waals surface area contributed by atoms with Gasteiger partial charge in [-0.3, -0.25) is 33.6 Å². The molecule has 0 aliphatic heterocycles. The summed E-state index contributed by atoms with van der Waals surface area (Å²) in [7, 11) is 0. The zero-order chi connectivity index (χ0) is 54.2. The van der Waals surface area contributed by atoms with Crippen molar-refractivity contribution in [3.8, 4) is 11.5 Å². The van der Waals surface area contributed by atoms with Gasteiger partial charge in [0.05, 0.1) is 19.1 Å². The van der Waals surface area contributed by atoms with E-state index in [-0.39, 0.29) is 63.2 Å². The minimum atomic E-state index is -1.19. The molecule has 2 unspecified atom stereocenters. The molecule has 0 saturated carbocycles. The minimum Gasteiger partial charge on any atom is -0.465 e. The second kappa shape index (κ2) is 31.1. The maximum Gasteiger partial charge on any atom is 0.330 e. The number of esters is 8. The van der Waals surface area contributed by atoms with Gasteiger partial charge in [-0.15, -0.1) is 0 Å². The van der Waals surface area contributed by atoms with Gasteiger partial charge in [-0.2, -0.15) is 0 Å². The van der Waals surface area contributed by atoms with E-state index in [1.807, 2.05) is 38.1 Å². The summed E-state index contributed by atoms with van der Waals surface area (Å²) in [6.07, 6.45) is 3.84. The quantitative estimate of drug-likeness (QED) is 0.0421. The van der Waals surface area contributed by atoms with E-state index in [2.05, 4.69) is 13.2 Å². The Kier molecular flexibility index (Phi) is 29.3. The van der Waals surface area contributed by atoms with E-state index in [1.54, 1.807) is 113 Å². The van der Waals surface area contributed by atoms with Crippen LogP contribution in [0.15, 0.2) is 67.8 Å². The fourth-order valence-corrected chi connectivity index (χ4v) is 5.75. The molecule has 2 atom stereocenters. The van der Waals surface area contributed by atoms with Gasteiger partial charge in [-0.25, -0.2) is 4.79 Å². The fourth-order valence-electron chi connectivity index (χ4n) is 5.75. The summed E-state index contributed by atoms with van der Waals surface area (Å²) < 4.78 is 41.4. The predicted molar refractivity (Wildman–Crippen MR) is 271 cm³/mol. The molecule has 16 nitrogen and oxygen atoms in total. The molecule has 0 aliphatic rings. The lowest BCUT2D eigenvalue weighted by Crippen LogP contribution is -2.37. The SMILES string of the molecule is C.C=CC(=O)OCCC(C(=O)OC(C)(C)C)C(=O)OC(C)(C)C.C=Cc1ccc(OC(C)=O)cc1.CCC(CC(C)c1ccc(OC(C)=O)cc1)C(=O)OCCC(C(=O)OC(C)(C)C)C(=O)OC(C)(C)C. The lowest BCUT2D eigenvalue weighted by molar-refractivity contribution is -0.178. The number of carbonyl (C=O) groups is 8. The third-order valence-electron chi connectivity index (χ3n) is 8.79. The standard InChI is InChI=1S/C28H42O8.C16H26O6.C10H10O2.CH4/c1-10-20(17-18(2)21-11-13-22(14-12-21)34-19(3)29)24(30)33-16-15-23(25(31)35-27(4,5)6)26(32)36-28(7,8)9;1-8-12(17)20-10-9-11(13(18)21-15(2,3)4)14(19)22-16(5,6)7;1-3-9-4-6-10(7-5-9)12-8(2)11;/h11-14,18,20,23H,10,15-17H2,1-9H3;8,11H,1,9-10H2,2-7H3;3-7H,1H2,2H3;1H4. The van der Waals surface area contributed by atoms with E-state index in [9.17, 15) is 38.4 Å². The molecule has 2 aromatic carbocycles. The highest BCUT2D eigenvalue weighted by Crippen LogP contribution is 2.28. The van der Waals surface area contributed by atoms with Crippen LogP contribution < -0.4 is 9.47 Å². The van der Waals surface area contributed by atoms with Gasteiger partial charge in [0.2, 0.25) is 0 Å². The molecule has 0 aliphatic carbocycles. The molecule has 398 valence electrons. The van der Waals surface area contributed by atoms with Crippen LogP contribution in [0.3, 0.4) is 0 Å². The lowest BCUT2D eigenvalue weighted by atomic mass is 9.89. The van der Waals surface area contributed by atoms with Crippen LogP contribution in [0, 0.1) is 17.8 Å². The maximum atomic E-state index is 12.8. The number of rotatable bonds is 19. The highest BCUT2D eigenvalue weighted by molar-refractivity contribution is 5.96. The second-order valence-corrected chi connectivity index (χ2v) is 20.1. The molecule has 2 aromatic rings. The highest BCUT2D eigenvalue weighted by Gasteiger charge is 2.36. The molecule has 16 heteroatoms. The van der Waals surface area contributed by atoms with Crippen LogP contribution in [0.25, 0.3) is 6.08 Å². The Labute approximate surface area is 422 Å². The van der Waals surface area contributed by atoms with Crippen molar-refractivity contribution in [1.82, 2.24) is 0 Å². The van der Waals surface area contributed by atoms with Crippen LogP contribution in [0.2, 0.25) is 0 Å². The molecule has 0 heterocycles. The Morgan fingerprint density at radius 1 is 0.535 bits per heavy atom. The summed E-state index contributed by atoms with van der Waals surface area (Å²) in [4.78, 5) is 95.0. The molecule has 0 radical (unpaired) electrons.